The Morgan fingerprint density at radius 2 is 2.11 bits per heavy atom. The first-order chi connectivity index (χ1) is 9.24. The Kier molecular flexibility index (Phi) is 3.21. The number of para-hydroxylation sites is 1. The van der Waals surface area contributed by atoms with Crippen LogP contribution in [-0.4, -0.2) is 35.1 Å². The minimum atomic E-state index is 0.103. The van der Waals surface area contributed by atoms with Gasteiger partial charge in [-0.25, -0.2) is 0 Å². The van der Waals surface area contributed by atoms with Gasteiger partial charge < -0.3 is 15.2 Å². The van der Waals surface area contributed by atoms with Crippen molar-refractivity contribution < 1.29 is 9.32 Å². The Bertz CT molecular complexity index is 585. The Labute approximate surface area is 111 Å². The lowest BCUT2D eigenvalue weighted by atomic mass is 10.1. The van der Waals surface area contributed by atoms with Crippen LogP contribution in [0.2, 0.25) is 0 Å². The standard InChI is InChI=1S/C14H17N3O2/c15-10-5-7-17(8-6-10)14(18)9-12-11-3-1-2-4-13(11)19-16-12/h1-4,10H,5-9,15H2. The molecule has 0 unspecified atom stereocenters. The number of fused-ring (bicyclic) bond motifs is 1. The zero-order chi connectivity index (χ0) is 13.2. The van der Waals surface area contributed by atoms with Crippen LogP contribution in [0.5, 0.6) is 0 Å². The molecule has 0 atom stereocenters. The first-order valence-corrected chi connectivity index (χ1v) is 6.60. The van der Waals surface area contributed by atoms with Crippen molar-refractivity contribution in [3.05, 3.63) is 30.0 Å². The molecule has 2 heterocycles. The number of hydrogen-bond acceptors (Lipinski definition) is 4. The van der Waals surface area contributed by atoms with Crippen LogP contribution in [0.15, 0.2) is 28.8 Å². The topological polar surface area (TPSA) is 72.4 Å². The number of piperidine rings is 1. The molecule has 1 aliphatic rings. The number of nitrogens with two attached hydrogens (primary N) is 1. The summed E-state index contributed by atoms with van der Waals surface area (Å²) in [6.07, 6.45) is 2.06. The zero-order valence-electron chi connectivity index (χ0n) is 10.7. The maximum atomic E-state index is 12.2. The third-order valence-electron chi connectivity index (χ3n) is 3.66. The summed E-state index contributed by atoms with van der Waals surface area (Å²) >= 11 is 0. The Hall–Kier alpha value is -1.88. The summed E-state index contributed by atoms with van der Waals surface area (Å²) in [5, 5.41) is 4.92. The van der Waals surface area contributed by atoms with E-state index in [0.717, 1.165) is 42.6 Å². The van der Waals surface area contributed by atoms with Crippen molar-refractivity contribution in [1.29, 1.82) is 0 Å². The molecular formula is C14H17N3O2. The van der Waals surface area contributed by atoms with Crippen LogP contribution >= 0.6 is 0 Å². The summed E-state index contributed by atoms with van der Waals surface area (Å²) in [5.41, 5.74) is 7.29. The number of rotatable bonds is 2. The van der Waals surface area contributed by atoms with Crippen LogP contribution in [-0.2, 0) is 11.2 Å². The molecule has 1 aromatic carbocycles. The lowest BCUT2D eigenvalue weighted by Gasteiger charge is -2.30. The average molecular weight is 259 g/mol. The molecule has 100 valence electrons. The van der Waals surface area contributed by atoms with Gasteiger partial charge in [0, 0.05) is 24.5 Å². The molecule has 5 heteroatoms. The van der Waals surface area contributed by atoms with Crippen molar-refractivity contribution >= 4 is 16.9 Å². The summed E-state index contributed by atoms with van der Waals surface area (Å²) in [6, 6.07) is 7.84. The second-order valence-electron chi connectivity index (χ2n) is 5.02. The summed E-state index contributed by atoms with van der Waals surface area (Å²) in [5.74, 6) is 0.103. The van der Waals surface area contributed by atoms with Gasteiger partial charge in [0.1, 0.15) is 5.69 Å². The molecule has 0 aliphatic carbocycles. The number of hydrogen-bond donors (Lipinski definition) is 1. The van der Waals surface area contributed by atoms with Crippen molar-refractivity contribution in [2.24, 2.45) is 5.73 Å². The molecule has 2 N–H and O–H groups in total. The summed E-state index contributed by atoms with van der Waals surface area (Å²) in [7, 11) is 0. The van der Waals surface area contributed by atoms with Gasteiger partial charge in [0.15, 0.2) is 5.58 Å². The fourth-order valence-electron chi connectivity index (χ4n) is 2.47. The van der Waals surface area contributed by atoms with Gasteiger partial charge in [-0.05, 0) is 25.0 Å². The number of likely N-dealkylation sites (tertiary alicyclic amines) is 1. The molecule has 1 fully saturated rings. The van der Waals surface area contributed by atoms with Crippen LogP contribution in [0.3, 0.4) is 0 Å². The fourth-order valence-corrected chi connectivity index (χ4v) is 2.47. The second kappa shape index (κ2) is 5.01. The maximum Gasteiger partial charge on any atom is 0.228 e. The van der Waals surface area contributed by atoms with Crippen molar-refractivity contribution in [2.75, 3.05) is 13.1 Å². The molecule has 0 spiro atoms. The smallest absolute Gasteiger partial charge is 0.228 e. The molecule has 3 rings (SSSR count). The normalized spacial score (nSPS) is 17.0. The van der Waals surface area contributed by atoms with E-state index < -0.39 is 0 Å². The third kappa shape index (κ3) is 2.46. The molecule has 1 aliphatic heterocycles. The predicted molar refractivity (Wildman–Crippen MR) is 71.5 cm³/mol. The lowest BCUT2D eigenvalue weighted by Crippen LogP contribution is -2.43. The monoisotopic (exact) mass is 259 g/mol. The van der Waals surface area contributed by atoms with E-state index in [9.17, 15) is 4.79 Å². The lowest BCUT2D eigenvalue weighted by molar-refractivity contribution is -0.131. The van der Waals surface area contributed by atoms with Crippen molar-refractivity contribution in [3.8, 4) is 0 Å². The van der Waals surface area contributed by atoms with E-state index in [4.69, 9.17) is 10.3 Å². The van der Waals surface area contributed by atoms with E-state index in [1.807, 2.05) is 29.2 Å². The highest BCUT2D eigenvalue weighted by atomic mass is 16.5. The van der Waals surface area contributed by atoms with Gasteiger partial charge in [-0.3, -0.25) is 4.79 Å². The van der Waals surface area contributed by atoms with Gasteiger partial charge in [-0.2, -0.15) is 0 Å². The number of nitrogens with zero attached hydrogens (tertiary/aromatic N) is 2. The van der Waals surface area contributed by atoms with Crippen LogP contribution in [0.1, 0.15) is 18.5 Å². The van der Waals surface area contributed by atoms with Crippen LogP contribution in [0, 0.1) is 0 Å². The van der Waals surface area contributed by atoms with Gasteiger partial charge in [0.05, 0.1) is 6.42 Å². The van der Waals surface area contributed by atoms with Crippen molar-refractivity contribution in [1.82, 2.24) is 10.1 Å². The number of carbonyl (C=O) groups excluding carboxylic acids is 1. The Balaban J connectivity index is 1.72. The van der Waals surface area contributed by atoms with E-state index in [-0.39, 0.29) is 11.9 Å². The Morgan fingerprint density at radius 3 is 2.89 bits per heavy atom. The van der Waals surface area contributed by atoms with Crippen molar-refractivity contribution in [3.63, 3.8) is 0 Å². The zero-order valence-corrected chi connectivity index (χ0v) is 10.7. The van der Waals surface area contributed by atoms with Crippen LogP contribution in [0.4, 0.5) is 0 Å². The molecule has 5 nitrogen and oxygen atoms in total. The molecule has 1 saturated heterocycles. The quantitative estimate of drug-likeness (QED) is 0.882. The van der Waals surface area contributed by atoms with Gasteiger partial charge in [-0.15, -0.1) is 0 Å². The molecule has 2 aromatic rings. The number of benzene rings is 1. The molecule has 0 radical (unpaired) electrons. The SMILES string of the molecule is NC1CCN(C(=O)Cc2noc3ccccc23)CC1. The van der Waals surface area contributed by atoms with E-state index in [0.29, 0.717) is 6.42 Å². The van der Waals surface area contributed by atoms with Gasteiger partial charge in [-0.1, -0.05) is 17.3 Å². The van der Waals surface area contributed by atoms with Crippen LogP contribution in [0.25, 0.3) is 11.0 Å². The highest BCUT2D eigenvalue weighted by Gasteiger charge is 2.22. The first kappa shape index (κ1) is 12.2. The molecule has 1 amide bonds. The molecular weight excluding hydrogens is 242 g/mol. The average Bonchev–Trinajstić information content (AvgIpc) is 2.83. The largest absolute Gasteiger partial charge is 0.356 e. The number of carbonyl (C=O) groups is 1. The van der Waals surface area contributed by atoms with E-state index in [2.05, 4.69) is 5.16 Å². The van der Waals surface area contributed by atoms with E-state index >= 15 is 0 Å². The molecule has 0 bridgehead atoms. The third-order valence-corrected chi connectivity index (χ3v) is 3.66. The maximum absolute atomic E-state index is 12.2. The number of aromatic nitrogens is 1. The van der Waals surface area contributed by atoms with Crippen LogP contribution < -0.4 is 5.73 Å². The van der Waals surface area contributed by atoms with Crippen molar-refractivity contribution in [2.45, 2.75) is 25.3 Å². The summed E-state index contributed by atoms with van der Waals surface area (Å²) in [4.78, 5) is 14.1. The first-order valence-electron chi connectivity index (χ1n) is 6.60. The molecule has 19 heavy (non-hydrogen) atoms. The molecule has 0 saturated carbocycles. The van der Waals surface area contributed by atoms with E-state index in [1.165, 1.54) is 0 Å². The summed E-state index contributed by atoms with van der Waals surface area (Å²) < 4.78 is 5.21. The number of amides is 1. The Morgan fingerprint density at radius 1 is 1.37 bits per heavy atom. The predicted octanol–water partition coefficient (Wildman–Crippen LogP) is 1.32. The van der Waals surface area contributed by atoms with E-state index in [1.54, 1.807) is 0 Å². The van der Waals surface area contributed by atoms with Gasteiger partial charge in [0.2, 0.25) is 5.91 Å². The minimum absolute atomic E-state index is 0.103. The molecule has 1 aromatic heterocycles. The second-order valence-corrected chi connectivity index (χ2v) is 5.02. The van der Waals surface area contributed by atoms with Gasteiger partial charge in [0.25, 0.3) is 0 Å². The summed E-state index contributed by atoms with van der Waals surface area (Å²) in [6.45, 7) is 1.49. The highest BCUT2D eigenvalue weighted by Crippen LogP contribution is 2.19. The minimum Gasteiger partial charge on any atom is -0.356 e. The van der Waals surface area contributed by atoms with Gasteiger partial charge >= 0.3 is 0 Å². The highest BCUT2D eigenvalue weighted by molar-refractivity contribution is 5.86. The fraction of sp³-hybridized carbons (Fsp3) is 0.429.